The molecule has 2 aromatic carbocycles. The van der Waals surface area contributed by atoms with Crippen LogP contribution in [0.4, 0.5) is 24.8 Å². The summed E-state index contributed by atoms with van der Waals surface area (Å²) in [6, 6.07) is 14.1. The molecule has 3 aromatic rings. The second-order valence-corrected chi connectivity index (χ2v) is 7.84. The lowest BCUT2D eigenvalue weighted by Crippen LogP contribution is -2.40. The van der Waals surface area contributed by atoms with Crippen LogP contribution in [0.1, 0.15) is 5.56 Å². The summed E-state index contributed by atoms with van der Waals surface area (Å²) in [6.07, 6.45) is 1.94. The van der Waals surface area contributed by atoms with Gasteiger partial charge in [-0.05, 0) is 48.0 Å². The molecule has 4 rings (SSSR count). The maximum Gasteiger partial charge on any atom is 0.490 e. The summed E-state index contributed by atoms with van der Waals surface area (Å²) in [7, 11) is 0. The van der Waals surface area contributed by atoms with Crippen molar-refractivity contribution in [2.45, 2.75) is 18.8 Å². The van der Waals surface area contributed by atoms with Crippen molar-refractivity contribution in [2.75, 3.05) is 5.32 Å². The number of amides is 1. The van der Waals surface area contributed by atoms with Gasteiger partial charge < -0.3 is 15.7 Å². The Labute approximate surface area is 212 Å². The van der Waals surface area contributed by atoms with Gasteiger partial charge in [-0.3, -0.25) is 15.1 Å². The van der Waals surface area contributed by atoms with Crippen molar-refractivity contribution in [2.24, 2.45) is 0 Å². The van der Waals surface area contributed by atoms with Crippen LogP contribution in [0.25, 0.3) is 5.69 Å². The molecule has 1 unspecified atom stereocenters. The third-order valence-corrected chi connectivity index (χ3v) is 4.95. The summed E-state index contributed by atoms with van der Waals surface area (Å²) in [5.74, 6) is -2.53. The minimum Gasteiger partial charge on any atom is -0.475 e. The molecule has 194 valence electrons. The minimum absolute atomic E-state index is 0.0986. The summed E-state index contributed by atoms with van der Waals surface area (Å²) in [5.41, 5.74) is 2.04. The van der Waals surface area contributed by atoms with Crippen molar-refractivity contribution < 1.29 is 27.9 Å². The summed E-state index contributed by atoms with van der Waals surface area (Å²) < 4.78 is 33.0. The van der Waals surface area contributed by atoms with Gasteiger partial charge in [0.15, 0.2) is 0 Å². The van der Waals surface area contributed by atoms with Crippen LogP contribution >= 0.6 is 11.6 Å². The highest BCUT2D eigenvalue weighted by molar-refractivity contribution is 6.30. The molecule has 10 nitrogen and oxygen atoms in total. The molecule has 37 heavy (non-hydrogen) atoms. The number of nitrogens with zero attached hydrogens (tertiary/aromatic N) is 2. The molecular formula is C23H20ClF3N6O4. The molecule has 1 amide bonds. The van der Waals surface area contributed by atoms with Gasteiger partial charge in [0.2, 0.25) is 11.9 Å². The van der Waals surface area contributed by atoms with E-state index in [4.69, 9.17) is 21.5 Å². The average Bonchev–Trinajstić information content (AvgIpc) is 3.08. The molecule has 0 spiro atoms. The SMILES string of the molecule is O=C(O)C(F)(F)F.O=C1NC=CC=CC1NCc1ccc(Nc2nn(-c3ccc(Cl)cc3)c(=O)[nH]2)cc1. The zero-order chi connectivity index (χ0) is 27.0. The Bertz CT molecular complexity index is 1350. The van der Waals surface area contributed by atoms with Crippen molar-refractivity contribution >= 4 is 35.1 Å². The Morgan fingerprint density at radius 1 is 1.08 bits per heavy atom. The van der Waals surface area contributed by atoms with Crippen LogP contribution in [0.5, 0.6) is 0 Å². The monoisotopic (exact) mass is 536 g/mol. The van der Waals surface area contributed by atoms with Gasteiger partial charge in [0.05, 0.1) is 5.69 Å². The highest BCUT2D eigenvalue weighted by Crippen LogP contribution is 2.16. The third kappa shape index (κ3) is 8.08. The van der Waals surface area contributed by atoms with Gasteiger partial charge >= 0.3 is 17.8 Å². The van der Waals surface area contributed by atoms with Crippen molar-refractivity contribution in [3.8, 4) is 5.69 Å². The van der Waals surface area contributed by atoms with Gasteiger partial charge in [-0.1, -0.05) is 35.9 Å². The summed E-state index contributed by atoms with van der Waals surface area (Å²) in [6.45, 7) is 0.532. The van der Waals surface area contributed by atoms with Gasteiger partial charge in [0.1, 0.15) is 6.04 Å². The Kier molecular flexibility index (Phi) is 8.87. The first kappa shape index (κ1) is 27.2. The Balaban J connectivity index is 0.000000479. The molecule has 0 radical (unpaired) electrons. The summed E-state index contributed by atoms with van der Waals surface area (Å²) >= 11 is 5.89. The van der Waals surface area contributed by atoms with Crippen LogP contribution in [0.15, 0.2) is 77.8 Å². The number of nitrogens with one attached hydrogen (secondary N) is 4. The maximum absolute atomic E-state index is 12.2. The fourth-order valence-corrected chi connectivity index (χ4v) is 3.03. The molecule has 1 aromatic heterocycles. The Hall–Kier alpha value is -4.36. The zero-order valence-electron chi connectivity index (χ0n) is 18.8. The van der Waals surface area contributed by atoms with E-state index >= 15 is 0 Å². The second kappa shape index (κ2) is 12.1. The fraction of sp³-hybridized carbons (Fsp3) is 0.130. The van der Waals surface area contributed by atoms with Crippen LogP contribution in [0.3, 0.4) is 0 Å². The largest absolute Gasteiger partial charge is 0.490 e. The number of carboxylic acids is 1. The number of hydrogen-bond acceptors (Lipinski definition) is 6. The fourth-order valence-electron chi connectivity index (χ4n) is 2.91. The first-order valence-corrected chi connectivity index (χ1v) is 10.9. The van der Waals surface area contributed by atoms with Gasteiger partial charge in [0, 0.05) is 23.5 Å². The minimum atomic E-state index is -5.08. The lowest BCUT2D eigenvalue weighted by Gasteiger charge is -2.13. The molecule has 0 fully saturated rings. The van der Waals surface area contributed by atoms with Crippen LogP contribution in [0.2, 0.25) is 5.02 Å². The Morgan fingerprint density at radius 3 is 2.35 bits per heavy atom. The molecule has 0 aliphatic carbocycles. The first-order chi connectivity index (χ1) is 17.5. The number of carboxylic acid groups (broad SMARTS) is 1. The van der Waals surface area contributed by atoms with E-state index in [0.29, 0.717) is 23.2 Å². The number of halogens is 4. The molecule has 1 aliphatic heterocycles. The second-order valence-electron chi connectivity index (χ2n) is 7.40. The smallest absolute Gasteiger partial charge is 0.475 e. The number of alkyl halides is 3. The highest BCUT2D eigenvalue weighted by Gasteiger charge is 2.38. The normalized spacial score (nSPS) is 14.8. The van der Waals surface area contributed by atoms with Crippen LogP contribution in [-0.4, -0.2) is 44.0 Å². The number of carbonyl (C=O) groups is 2. The van der Waals surface area contributed by atoms with E-state index < -0.39 is 12.1 Å². The molecule has 5 N–H and O–H groups in total. The molecule has 1 atom stereocenters. The highest BCUT2D eigenvalue weighted by atomic mass is 35.5. The molecule has 0 saturated heterocycles. The predicted octanol–water partition coefficient (Wildman–Crippen LogP) is 3.25. The number of aliphatic carboxylic acids is 1. The van der Waals surface area contributed by atoms with E-state index in [1.807, 2.05) is 36.4 Å². The summed E-state index contributed by atoms with van der Waals surface area (Å²) in [5, 5.41) is 20.9. The number of benzene rings is 2. The first-order valence-electron chi connectivity index (χ1n) is 10.5. The van der Waals surface area contributed by atoms with E-state index in [1.165, 1.54) is 4.68 Å². The van der Waals surface area contributed by atoms with Crippen molar-refractivity contribution in [1.82, 2.24) is 25.4 Å². The van der Waals surface area contributed by atoms with Crippen molar-refractivity contribution in [3.63, 3.8) is 0 Å². The number of carbonyl (C=O) groups excluding carboxylic acids is 1. The van der Waals surface area contributed by atoms with E-state index in [9.17, 15) is 22.8 Å². The number of anilines is 2. The molecule has 1 aliphatic rings. The van der Waals surface area contributed by atoms with Gasteiger partial charge in [-0.25, -0.2) is 9.59 Å². The third-order valence-electron chi connectivity index (χ3n) is 4.69. The van der Waals surface area contributed by atoms with Crippen LogP contribution < -0.4 is 21.6 Å². The average molecular weight is 537 g/mol. The van der Waals surface area contributed by atoms with E-state index in [1.54, 1.807) is 36.5 Å². The van der Waals surface area contributed by atoms with Gasteiger partial charge in [0.25, 0.3) is 0 Å². The van der Waals surface area contributed by atoms with Crippen LogP contribution in [0, 0.1) is 0 Å². The quantitative estimate of drug-likeness (QED) is 0.326. The Morgan fingerprint density at radius 2 is 1.73 bits per heavy atom. The topological polar surface area (TPSA) is 141 Å². The zero-order valence-corrected chi connectivity index (χ0v) is 19.5. The van der Waals surface area contributed by atoms with Crippen molar-refractivity contribution in [1.29, 1.82) is 0 Å². The standard InChI is InChI=1S/C21H19ClN6O2.C2HF3O2/c22-15-6-10-17(11-7-15)28-21(30)26-20(27-28)25-16-8-4-14(5-9-16)13-24-18-3-1-2-12-23-19(18)29;3-2(4,5)1(6)7/h1-12,18,24H,13H2,(H,23,29)(H2,25,26,27,30);(H,6,7). The number of H-pyrrole nitrogens is 1. The van der Waals surface area contributed by atoms with E-state index in [2.05, 4.69) is 26.0 Å². The maximum atomic E-state index is 12.2. The number of aromatic amines is 1. The molecular weight excluding hydrogens is 517 g/mol. The number of hydrogen-bond donors (Lipinski definition) is 5. The predicted molar refractivity (Wildman–Crippen MR) is 130 cm³/mol. The van der Waals surface area contributed by atoms with Gasteiger partial charge in [-0.15, -0.1) is 5.10 Å². The van der Waals surface area contributed by atoms with E-state index in [0.717, 1.165) is 11.3 Å². The molecule has 14 heteroatoms. The van der Waals surface area contributed by atoms with Crippen molar-refractivity contribution in [3.05, 3.63) is 94.0 Å². The van der Waals surface area contributed by atoms with Gasteiger partial charge in [-0.2, -0.15) is 17.9 Å². The summed E-state index contributed by atoms with van der Waals surface area (Å²) in [4.78, 5) is 35.7. The number of aromatic nitrogens is 3. The molecule has 0 bridgehead atoms. The number of rotatable bonds is 6. The lowest BCUT2D eigenvalue weighted by atomic mass is 10.2. The molecule has 0 saturated carbocycles. The van der Waals surface area contributed by atoms with E-state index in [-0.39, 0.29) is 17.6 Å². The number of allylic oxidation sites excluding steroid dienone is 2. The lowest BCUT2D eigenvalue weighted by molar-refractivity contribution is -0.192. The molecule has 2 heterocycles. The van der Waals surface area contributed by atoms with Crippen LogP contribution in [-0.2, 0) is 16.1 Å².